The number of rotatable bonds is 5. The summed E-state index contributed by atoms with van der Waals surface area (Å²) in [7, 11) is 0. The lowest BCUT2D eigenvalue weighted by Gasteiger charge is -2.15. The zero-order chi connectivity index (χ0) is 15.5. The van der Waals surface area contributed by atoms with E-state index in [2.05, 4.69) is 20.6 Å². The van der Waals surface area contributed by atoms with Gasteiger partial charge in [-0.05, 0) is 57.0 Å². The molecule has 1 atom stereocenters. The molecule has 1 aromatic heterocycles. The van der Waals surface area contributed by atoms with Crippen molar-refractivity contribution in [1.82, 2.24) is 15.3 Å². The highest BCUT2D eigenvalue weighted by atomic mass is 16.2. The zero-order valence-corrected chi connectivity index (χ0v) is 12.8. The quantitative estimate of drug-likeness (QED) is 0.890. The Kier molecular flexibility index (Phi) is 4.04. The van der Waals surface area contributed by atoms with Crippen LogP contribution >= 0.6 is 0 Å². The van der Waals surface area contributed by atoms with Gasteiger partial charge in [-0.2, -0.15) is 0 Å². The van der Waals surface area contributed by atoms with Crippen molar-refractivity contribution in [2.75, 3.05) is 5.32 Å². The van der Waals surface area contributed by atoms with Crippen LogP contribution in [0.4, 0.5) is 5.69 Å². The highest BCUT2D eigenvalue weighted by Crippen LogP contribution is 2.20. The first-order valence-corrected chi connectivity index (χ1v) is 7.59. The molecular weight excluding hydrogens is 276 g/mol. The van der Waals surface area contributed by atoms with Gasteiger partial charge in [0.25, 0.3) is 0 Å². The summed E-state index contributed by atoms with van der Waals surface area (Å²) in [5.41, 5.74) is 2.82. The molecule has 1 aliphatic rings. The van der Waals surface area contributed by atoms with Crippen molar-refractivity contribution in [2.45, 2.75) is 38.8 Å². The molecule has 5 heteroatoms. The van der Waals surface area contributed by atoms with Gasteiger partial charge in [0.05, 0.1) is 0 Å². The predicted molar refractivity (Wildman–Crippen MR) is 86.5 cm³/mol. The van der Waals surface area contributed by atoms with E-state index < -0.39 is 0 Å². The van der Waals surface area contributed by atoms with Gasteiger partial charge in [0, 0.05) is 29.2 Å². The number of carbonyl (C=O) groups excluding carboxylic acids is 1. The first kappa shape index (κ1) is 14.5. The van der Waals surface area contributed by atoms with Crippen LogP contribution in [0.15, 0.2) is 36.5 Å². The Hall–Kier alpha value is -2.43. The summed E-state index contributed by atoms with van der Waals surface area (Å²) >= 11 is 0. The van der Waals surface area contributed by atoms with Crippen molar-refractivity contribution < 1.29 is 4.79 Å². The van der Waals surface area contributed by atoms with E-state index in [0.717, 1.165) is 29.8 Å². The van der Waals surface area contributed by atoms with Crippen molar-refractivity contribution in [1.29, 1.82) is 0 Å². The van der Waals surface area contributed by atoms with Gasteiger partial charge in [0.2, 0.25) is 5.91 Å². The number of carbonyl (C=O) groups is 1. The summed E-state index contributed by atoms with van der Waals surface area (Å²) in [6.45, 7) is 3.82. The predicted octanol–water partition coefficient (Wildman–Crippen LogP) is 2.53. The zero-order valence-electron chi connectivity index (χ0n) is 12.8. The topological polar surface area (TPSA) is 66.9 Å². The third kappa shape index (κ3) is 3.61. The molecule has 1 aromatic carbocycles. The average Bonchev–Trinajstić information content (AvgIpc) is 3.32. The molecule has 0 radical (unpaired) electrons. The van der Waals surface area contributed by atoms with Crippen molar-refractivity contribution in [3.8, 4) is 11.4 Å². The summed E-state index contributed by atoms with van der Waals surface area (Å²) in [4.78, 5) is 20.6. The van der Waals surface area contributed by atoms with E-state index in [0.29, 0.717) is 11.9 Å². The standard InChI is InChI=1S/C17H20N4O/c1-11-9-10-18-16(19-11)13-3-5-14(6-4-13)20-12(2)17(22)21-15-7-8-15/h3-6,9-10,12,15,20H,7-8H2,1-2H3,(H,21,22)/t12-/m0/s1. The van der Waals surface area contributed by atoms with Crippen LogP contribution in [-0.2, 0) is 4.79 Å². The van der Waals surface area contributed by atoms with E-state index in [4.69, 9.17) is 0 Å². The summed E-state index contributed by atoms with van der Waals surface area (Å²) in [6, 6.07) is 9.83. The largest absolute Gasteiger partial charge is 0.374 e. The second kappa shape index (κ2) is 6.13. The van der Waals surface area contributed by atoms with Crippen LogP contribution in [0.1, 0.15) is 25.5 Å². The Balaban J connectivity index is 1.64. The molecule has 1 saturated carbocycles. The molecule has 1 fully saturated rings. The first-order chi connectivity index (χ1) is 10.6. The molecule has 0 unspecified atom stereocenters. The number of anilines is 1. The molecule has 1 aliphatic carbocycles. The van der Waals surface area contributed by atoms with Crippen molar-refractivity contribution in [3.63, 3.8) is 0 Å². The summed E-state index contributed by atoms with van der Waals surface area (Å²) < 4.78 is 0. The molecule has 1 heterocycles. The molecule has 0 spiro atoms. The van der Waals surface area contributed by atoms with E-state index in [1.807, 2.05) is 44.2 Å². The highest BCUT2D eigenvalue weighted by Gasteiger charge is 2.25. The Labute approximate surface area is 130 Å². The molecule has 22 heavy (non-hydrogen) atoms. The minimum absolute atomic E-state index is 0.0496. The van der Waals surface area contributed by atoms with E-state index in [9.17, 15) is 4.79 Å². The lowest BCUT2D eigenvalue weighted by molar-refractivity contribution is -0.121. The number of hydrogen-bond donors (Lipinski definition) is 2. The fourth-order valence-electron chi connectivity index (χ4n) is 2.17. The highest BCUT2D eigenvalue weighted by molar-refractivity contribution is 5.84. The van der Waals surface area contributed by atoms with Gasteiger partial charge < -0.3 is 10.6 Å². The molecule has 0 saturated heterocycles. The van der Waals surface area contributed by atoms with Crippen LogP contribution in [0, 0.1) is 6.92 Å². The van der Waals surface area contributed by atoms with Crippen LogP contribution < -0.4 is 10.6 Å². The second-order valence-electron chi connectivity index (χ2n) is 5.75. The minimum atomic E-state index is -0.248. The maximum atomic E-state index is 11.9. The van der Waals surface area contributed by atoms with Gasteiger partial charge in [0.1, 0.15) is 6.04 Å². The first-order valence-electron chi connectivity index (χ1n) is 7.59. The molecule has 5 nitrogen and oxygen atoms in total. The van der Waals surface area contributed by atoms with Gasteiger partial charge in [-0.3, -0.25) is 4.79 Å². The van der Waals surface area contributed by atoms with Gasteiger partial charge in [0.15, 0.2) is 5.82 Å². The van der Waals surface area contributed by atoms with Crippen LogP contribution in [0.25, 0.3) is 11.4 Å². The average molecular weight is 296 g/mol. The molecular formula is C17H20N4O. The van der Waals surface area contributed by atoms with Crippen LogP contribution in [0.5, 0.6) is 0 Å². The lowest BCUT2D eigenvalue weighted by Crippen LogP contribution is -2.38. The van der Waals surface area contributed by atoms with Crippen molar-refractivity contribution in [3.05, 3.63) is 42.2 Å². The molecule has 1 amide bonds. The molecule has 0 aliphatic heterocycles. The number of aryl methyl sites for hydroxylation is 1. The fraction of sp³-hybridized carbons (Fsp3) is 0.353. The number of amides is 1. The number of benzene rings is 1. The monoisotopic (exact) mass is 296 g/mol. The number of nitrogens with zero attached hydrogens (tertiary/aromatic N) is 2. The summed E-state index contributed by atoms with van der Waals surface area (Å²) in [5, 5.41) is 6.21. The van der Waals surface area contributed by atoms with Gasteiger partial charge >= 0.3 is 0 Å². The Bertz CT molecular complexity index is 665. The molecule has 114 valence electrons. The molecule has 3 rings (SSSR count). The maximum Gasteiger partial charge on any atom is 0.242 e. The van der Waals surface area contributed by atoms with Gasteiger partial charge in [-0.15, -0.1) is 0 Å². The van der Waals surface area contributed by atoms with Crippen molar-refractivity contribution >= 4 is 11.6 Å². The summed E-state index contributed by atoms with van der Waals surface area (Å²) in [5.74, 6) is 0.764. The van der Waals surface area contributed by atoms with E-state index in [1.54, 1.807) is 6.20 Å². The van der Waals surface area contributed by atoms with Crippen molar-refractivity contribution in [2.24, 2.45) is 0 Å². The summed E-state index contributed by atoms with van der Waals surface area (Å²) in [6.07, 6.45) is 3.96. The van der Waals surface area contributed by atoms with Crippen LogP contribution in [-0.4, -0.2) is 28.0 Å². The SMILES string of the molecule is Cc1ccnc(-c2ccc(N[C@@H](C)C(=O)NC3CC3)cc2)n1. The normalized spacial score (nSPS) is 15.2. The fourth-order valence-corrected chi connectivity index (χ4v) is 2.17. The number of hydrogen-bond acceptors (Lipinski definition) is 4. The van der Waals surface area contributed by atoms with Gasteiger partial charge in [-0.1, -0.05) is 0 Å². The van der Waals surface area contributed by atoms with Crippen LogP contribution in [0.3, 0.4) is 0 Å². The number of aromatic nitrogens is 2. The Morgan fingerprint density at radius 2 is 1.95 bits per heavy atom. The van der Waals surface area contributed by atoms with E-state index in [-0.39, 0.29) is 11.9 Å². The second-order valence-corrected chi connectivity index (χ2v) is 5.75. The molecule has 2 N–H and O–H groups in total. The molecule has 2 aromatic rings. The smallest absolute Gasteiger partial charge is 0.242 e. The minimum Gasteiger partial charge on any atom is -0.374 e. The van der Waals surface area contributed by atoms with Gasteiger partial charge in [-0.25, -0.2) is 9.97 Å². The van der Waals surface area contributed by atoms with Crippen LogP contribution in [0.2, 0.25) is 0 Å². The Morgan fingerprint density at radius 3 is 2.59 bits per heavy atom. The van der Waals surface area contributed by atoms with E-state index >= 15 is 0 Å². The third-order valence-electron chi connectivity index (χ3n) is 3.64. The van der Waals surface area contributed by atoms with E-state index in [1.165, 1.54) is 0 Å². The lowest BCUT2D eigenvalue weighted by atomic mass is 10.1. The Morgan fingerprint density at radius 1 is 1.23 bits per heavy atom. The maximum absolute atomic E-state index is 11.9. The molecule has 0 bridgehead atoms. The number of nitrogens with one attached hydrogen (secondary N) is 2. The third-order valence-corrected chi connectivity index (χ3v) is 3.64.